The second-order valence-corrected chi connectivity index (χ2v) is 7.50. The van der Waals surface area contributed by atoms with E-state index in [1.807, 2.05) is 53.9 Å². The van der Waals surface area contributed by atoms with Gasteiger partial charge in [0, 0.05) is 28.6 Å². The first-order chi connectivity index (χ1) is 13.3. The van der Waals surface area contributed by atoms with E-state index in [0.29, 0.717) is 0 Å². The van der Waals surface area contributed by atoms with Crippen molar-refractivity contribution in [2.75, 3.05) is 11.4 Å². The number of nitrogens with zero attached hydrogens (tertiary/aromatic N) is 1. The summed E-state index contributed by atoms with van der Waals surface area (Å²) in [5.74, 6) is 0. The third-order valence-corrected chi connectivity index (χ3v) is 5.68. The lowest BCUT2D eigenvalue weighted by molar-refractivity contribution is 0.781. The molecule has 1 heterocycles. The highest BCUT2D eigenvalue weighted by Crippen LogP contribution is 2.23. The van der Waals surface area contributed by atoms with Crippen molar-refractivity contribution in [3.8, 4) is 0 Å². The minimum Gasteiger partial charge on any atom is -0.363 e. The highest BCUT2D eigenvalue weighted by molar-refractivity contribution is 7.16. The Balaban J connectivity index is 1.68. The second kappa shape index (κ2) is 8.19. The second-order valence-electron chi connectivity index (χ2n) is 6.59. The number of benzene rings is 3. The number of rotatable bonds is 6. The lowest BCUT2D eigenvalue weighted by Crippen LogP contribution is -2.29. The van der Waals surface area contributed by atoms with Crippen LogP contribution >= 0.6 is 11.3 Å². The van der Waals surface area contributed by atoms with Gasteiger partial charge < -0.3 is 4.90 Å². The van der Waals surface area contributed by atoms with Crippen molar-refractivity contribution in [2.24, 2.45) is 0 Å². The third-order valence-electron chi connectivity index (χ3n) is 4.73. The van der Waals surface area contributed by atoms with Gasteiger partial charge in [-0.15, -0.1) is 11.3 Å². The summed E-state index contributed by atoms with van der Waals surface area (Å²) in [5, 5.41) is 2.82. The van der Waals surface area contributed by atoms with E-state index in [0.717, 1.165) is 35.3 Å². The number of fused-ring (bicyclic) bond motifs is 1. The van der Waals surface area contributed by atoms with Crippen LogP contribution in [0.5, 0.6) is 0 Å². The summed E-state index contributed by atoms with van der Waals surface area (Å²) in [6.07, 6.45) is 0.907. The predicted molar refractivity (Wildman–Crippen MR) is 116 cm³/mol. The molecule has 134 valence electrons. The first kappa shape index (κ1) is 17.5. The molecule has 0 saturated carbocycles. The fourth-order valence-electron chi connectivity index (χ4n) is 3.28. The van der Waals surface area contributed by atoms with Gasteiger partial charge in [0.15, 0.2) is 0 Å². The molecule has 3 aromatic carbocycles. The number of hydrogen-bond acceptors (Lipinski definition) is 3. The Morgan fingerprint density at radius 1 is 0.741 bits per heavy atom. The van der Waals surface area contributed by atoms with Crippen molar-refractivity contribution in [3.63, 3.8) is 0 Å². The van der Waals surface area contributed by atoms with E-state index in [9.17, 15) is 4.79 Å². The summed E-state index contributed by atoms with van der Waals surface area (Å²) >= 11 is 1.64. The summed E-state index contributed by atoms with van der Waals surface area (Å²) in [4.78, 5) is 15.4. The molecular formula is C24H21NOS. The van der Waals surface area contributed by atoms with E-state index >= 15 is 0 Å². The molecule has 0 saturated heterocycles. The van der Waals surface area contributed by atoms with Crippen molar-refractivity contribution < 1.29 is 0 Å². The topological polar surface area (TPSA) is 20.3 Å². The maximum absolute atomic E-state index is 13.1. The number of hydrogen-bond donors (Lipinski definition) is 0. The monoisotopic (exact) mass is 371 g/mol. The SMILES string of the molecule is O=c1c(N(CCc2ccccc2)Cc2ccccc2)csc2ccccc12. The first-order valence-electron chi connectivity index (χ1n) is 9.14. The molecule has 4 rings (SSSR count). The molecule has 27 heavy (non-hydrogen) atoms. The first-order valence-corrected chi connectivity index (χ1v) is 10.0. The van der Waals surface area contributed by atoms with Crippen LogP contribution in [0.1, 0.15) is 11.1 Å². The summed E-state index contributed by atoms with van der Waals surface area (Å²) in [6, 6.07) is 28.6. The van der Waals surface area contributed by atoms with Gasteiger partial charge in [-0.2, -0.15) is 0 Å². The maximum Gasteiger partial charge on any atom is 0.211 e. The predicted octanol–water partition coefficient (Wildman–Crippen LogP) is 5.51. The van der Waals surface area contributed by atoms with E-state index < -0.39 is 0 Å². The van der Waals surface area contributed by atoms with Gasteiger partial charge in [-0.25, -0.2) is 0 Å². The van der Waals surface area contributed by atoms with Crippen LogP contribution in [0, 0.1) is 0 Å². The number of anilines is 1. The summed E-state index contributed by atoms with van der Waals surface area (Å²) in [7, 11) is 0. The maximum atomic E-state index is 13.1. The molecule has 4 aromatic rings. The van der Waals surface area contributed by atoms with Crippen molar-refractivity contribution in [1.82, 2.24) is 0 Å². The summed E-state index contributed by atoms with van der Waals surface area (Å²) in [5.41, 5.74) is 3.41. The van der Waals surface area contributed by atoms with Gasteiger partial charge in [0.2, 0.25) is 5.43 Å². The molecule has 0 bridgehead atoms. The molecule has 0 atom stereocenters. The Morgan fingerprint density at radius 3 is 2.11 bits per heavy atom. The third kappa shape index (κ3) is 4.09. The normalized spacial score (nSPS) is 10.8. The molecule has 0 fully saturated rings. The van der Waals surface area contributed by atoms with Gasteiger partial charge in [-0.3, -0.25) is 4.79 Å². The van der Waals surface area contributed by atoms with E-state index in [4.69, 9.17) is 0 Å². The van der Waals surface area contributed by atoms with Crippen molar-refractivity contribution >= 4 is 27.1 Å². The van der Waals surface area contributed by atoms with Crippen LogP contribution in [-0.2, 0) is 13.0 Å². The van der Waals surface area contributed by atoms with E-state index in [1.54, 1.807) is 11.3 Å². The van der Waals surface area contributed by atoms with Crippen LogP contribution in [0.2, 0.25) is 0 Å². The van der Waals surface area contributed by atoms with Crippen molar-refractivity contribution in [1.29, 1.82) is 0 Å². The highest BCUT2D eigenvalue weighted by Gasteiger charge is 2.14. The van der Waals surface area contributed by atoms with E-state index in [-0.39, 0.29) is 5.43 Å². The van der Waals surface area contributed by atoms with Gasteiger partial charge in [0.05, 0.1) is 5.69 Å². The average Bonchev–Trinajstić information content (AvgIpc) is 2.73. The van der Waals surface area contributed by atoms with Crippen LogP contribution in [0.15, 0.2) is 95.1 Å². The van der Waals surface area contributed by atoms with Gasteiger partial charge in [0.25, 0.3) is 0 Å². The minimum atomic E-state index is 0.119. The van der Waals surface area contributed by atoms with Gasteiger partial charge in [-0.05, 0) is 29.7 Å². The quantitative estimate of drug-likeness (QED) is 0.445. The zero-order valence-electron chi connectivity index (χ0n) is 15.0. The lowest BCUT2D eigenvalue weighted by atomic mass is 10.1. The van der Waals surface area contributed by atoms with E-state index in [2.05, 4.69) is 41.3 Å². The fraction of sp³-hybridized carbons (Fsp3) is 0.125. The molecule has 0 amide bonds. The van der Waals surface area contributed by atoms with Crippen LogP contribution in [-0.4, -0.2) is 6.54 Å². The molecule has 3 heteroatoms. The van der Waals surface area contributed by atoms with E-state index in [1.165, 1.54) is 11.1 Å². The fourth-order valence-corrected chi connectivity index (χ4v) is 4.22. The zero-order chi connectivity index (χ0) is 18.5. The van der Waals surface area contributed by atoms with Crippen molar-refractivity contribution in [2.45, 2.75) is 13.0 Å². The van der Waals surface area contributed by atoms with Gasteiger partial charge >= 0.3 is 0 Å². The molecule has 0 N–H and O–H groups in total. The molecule has 2 nitrogen and oxygen atoms in total. The highest BCUT2D eigenvalue weighted by atomic mass is 32.1. The Hall–Kier alpha value is -2.91. The smallest absolute Gasteiger partial charge is 0.211 e. The summed E-state index contributed by atoms with van der Waals surface area (Å²) in [6.45, 7) is 1.53. The Morgan fingerprint density at radius 2 is 1.37 bits per heavy atom. The van der Waals surface area contributed by atoms with Gasteiger partial charge in [0.1, 0.15) is 0 Å². The molecule has 0 spiro atoms. The lowest BCUT2D eigenvalue weighted by Gasteiger charge is -2.24. The zero-order valence-corrected chi connectivity index (χ0v) is 15.9. The molecule has 0 unspecified atom stereocenters. The van der Waals surface area contributed by atoms with Crippen LogP contribution < -0.4 is 10.3 Å². The standard InChI is InChI=1S/C24H21NOS/c26-24-21-13-7-8-14-23(21)27-18-22(24)25(17-20-11-5-2-6-12-20)16-15-19-9-3-1-4-10-19/h1-14,18H,15-17H2. The van der Waals surface area contributed by atoms with Crippen LogP contribution in [0.4, 0.5) is 5.69 Å². The Bertz CT molecular complexity index is 1070. The van der Waals surface area contributed by atoms with Crippen molar-refractivity contribution in [3.05, 3.63) is 112 Å². The Labute approximate surface area is 163 Å². The molecular weight excluding hydrogens is 350 g/mol. The van der Waals surface area contributed by atoms with Crippen LogP contribution in [0.25, 0.3) is 10.1 Å². The molecule has 1 aromatic heterocycles. The molecule has 0 aliphatic heterocycles. The van der Waals surface area contributed by atoms with Crippen LogP contribution in [0.3, 0.4) is 0 Å². The van der Waals surface area contributed by atoms with Gasteiger partial charge in [-0.1, -0.05) is 72.8 Å². The minimum absolute atomic E-state index is 0.119. The largest absolute Gasteiger partial charge is 0.363 e. The average molecular weight is 372 g/mol. The molecule has 0 aliphatic rings. The Kier molecular flexibility index (Phi) is 5.31. The summed E-state index contributed by atoms with van der Waals surface area (Å²) < 4.78 is 1.04. The molecule has 0 radical (unpaired) electrons. The molecule has 0 aliphatic carbocycles.